The van der Waals surface area contributed by atoms with Crippen molar-refractivity contribution in [2.45, 2.75) is 19.9 Å². The Hall–Kier alpha value is -3.60. The molecule has 1 aromatic heterocycles. The number of carboxylic acid groups (broad SMARTS) is 1. The van der Waals surface area contributed by atoms with Crippen LogP contribution in [-0.2, 0) is 21.1 Å². The molecule has 1 heterocycles. The predicted molar refractivity (Wildman–Crippen MR) is 113 cm³/mol. The molecule has 0 aliphatic rings. The average Bonchev–Trinajstić information content (AvgIpc) is 3.09. The number of hydrogen-bond acceptors (Lipinski definition) is 7. The summed E-state index contributed by atoms with van der Waals surface area (Å²) in [6.07, 6.45) is -4.80. The highest BCUT2D eigenvalue weighted by molar-refractivity contribution is 7.21. The van der Waals surface area contributed by atoms with Crippen molar-refractivity contribution in [3.63, 3.8) is 0 Å². The number of carbonyl (C=O) groups is 1. The fourth-order valence-electron chi connectivity index (χ4n) is 2.87. The van der Waals surface area contributed by atoms with E-state index in [2.05, 4.69) is 19.9 Å². The van der Waals surface area contributed by atoms with E-state index in [1.165, 1.54) is 36.6 Å². The smallest absolute Gasteiger partial charge is 0.476 e. The number of alkyl halides is 3. The Bertz CT molecular complexity index is 1190. The molecule has 2 aromatic carbocycles. The average molecular weight is 466 g/mol. The number of carboxylic acids is 1. The van der Waals surface area contributed by atoms with Gasteiger partial charge in [0.1, 0.15) is 19.5 Å². The summed E-state index contributed by atoms with van der Waals surface area (Å²) < 4.78 is 42.1. The maximum absolute atomic E-state index is 12.4. The quantitative estimate of drug-likeness (QED) is 0.365. The molecule has 0 aliphatic carbocycles. The third kappa shape index (κ3) is 5.55. The molecule has 0 aliphatic heterocycles. The lowest BCUT2D eigenvalue weighted by molar-refractivity contribution is -0.274. The predicted octanol–water partition coefficient (Wildman–Crippen LogP) is 5.18. The summed E-state index contributed by atoms with van der Waals surface area (Å²) in [4.78, 5) is 22.1. The SMILES string of the molecule is CON=C(C(=O)O)c1sc2ccccc2c1CON=C(C)c1cccc(OC(F)(F)F)c1. The van der Waals surface area contributed by atoms with Gasteiger partial charge in [-0.15, -0.1) is 24.5 Å². The second-order valence-corrected chi connectivity index (χ2v) is 7.41. The van der Waals surface area contributed by atoms with Gasteiger partial charge in [0, 0.05) is 15.8 Å². The summed E-state index contributed by atoms with van der Waals surface area (Å²) in [7, 11) is 1.25. The molecule has 0 amide bonds. The van der Waals surface area contributed by atoms with E-state index in [4.69, 9.17) is 4.84 Å². The molecule has 0 spiro atoms. The van der Waals surface area contributed by atoms with Crippen LogP contribution in [0.1, 0.15) is 22.9 Å². The number of oxime groups is 2. The van der Waals surface area contributed by atoms with E-state index >= 15 is 0 Å². The molecule has 0 radical (unpaired) electrons. The monoisotopic (exact) mass is 466 g/mol. The number of fused-ring (bicyclic) bond motifs is 1. The van der Waals surface area contributed by atoms with E-state index in [0.717, 1.165) is 10.1 Å². The van der Waals surface area contributed by atoms with E-state index in [9.17, 15) is 23.1 Å². The van der Waals surface area contributed by atoms with Gasteiger partial charge in [0.05, 0.1) is 10.6 Å². The van der Waals surface area contributed by atoms with E-state index in [0.29, 0.717) is 21.7 Å². The van der Waals surface area contributed by atoms with Crippen molar-refractivity contribution >= 4 is 38.8 Å². The molecule has 0 bridgehead atoms. The molecule has 0 fully saturated rings. The van der Waals surface area contributed by atoms with Crippen LogP contribution in [0.2, 0.25) is 0 Å². The van der Waals surface area contributed by atoms with Crippen LogP contribution in [0.4, 0.5) is 13.2 Å². The maximum Gasteiger partial charge on any atom is 0.573 e. The van der Waals surface area contributed by atoms with Gasteiger partial charge in [-0.2, -0.15) is 0 Å². The molecule has 32 heavy (non-hydrogen) atoms. The van der Waals surface area contributed by atoms with Crippen molar-refractivity contribution in [3.8, 4) is 5.75 Å². The van der Waals surface area contributed by atoms with Gasteiger partial charge >= 0.3 is 12.3 Å². The van der Waals surface area contributed by atoms with Crippen molar-refractivity contribution in [1.29, 1.82) is 0 Å². The summed E-state index contributed by atoms with van der Waals surface area (Å²) in [5, 5.41) is 17.9. The first-order chi connectivity index (χ1) is 15.2. The Morgan fingerprint density at radius 1 is 1.12 bits per heavy atom. The largest absolute Gasteiger partial charge is 0.573 e. The number of aliphatic carboxylic acids is 1. The minimum Gasteiger partial charge on any atom is -0.476 e. The molecule has 1 N–H and O–H groups in total. The van der Waals surface area contributed by atoms with Crippen molar-refractivity contribution in [1.82, 2.24) is 0 Å². The second kappa shape index (κ2) is 9.69. The first kappa shape index (κ1) is 23.1. The van der Waals surface area contributed by atoms with Crippen molar-refractivity contribution in [2.75, 3.05) is 7.11 Å². The molecular formula is C21H17F3N2O5S. The lowest BCUT2D eigenvalue weighted by Gasteiger charge is -2.10. The van der Waals surface area contributed by atoms with Crippen molar-refractivity contribution in [3.05, 3.63) is 64.5 Å². The summed E-state index contributed by atoms with van der Waals surface area (Å²) in [5.74, 6) is -1.64. The Morgan fingerprint density at radius 2 is 1.88 bits per heavy atom. The first-order valence-electron chi connectivity index (χ1n) is 9.07. The number of halogens is 3. The van der Waals surface area contributed by atoms with Gasteiger partial charge < -0.3 is 19.5 Å². The van der Waals surface area contributed by atoms with Crippen LogP contribution in [0.3, 0.4) is 0 Å². The number of benzene rings is 2. The Morgan fingerprint density at radius 3 is 2.56 bits per heavy atom. The number of nitrogens with zero attached hydrogens (tertiary/aromatic N) is 2. The molecule has 11 heteroatoms. The van der Waals surface area contributed by atoms with E-state index < -0.39 is 12.3 Å². The molecule has 0 atom stereocenters. The fourth-order valence-corrected chi connectivity index (χ4v) is 4.05. The molecule has 0 unspecified atom stereocenters. The van der Waals surface area contributed by atoms with Crippen molar-refractivity contribution in [2.24, 2.45) is 10.3 Å². The van der Waals surface area contributed by atoms with Gasteiger partial charge in [0.25, 0.3) is 0 Å². The Kier molecular flexibility index (Phi) is 6.98. The normalized spacial score (nSPS) is 12.7. The van der Waals surface area contributed by atoms with Crippen LogP contribution in [0.5, 0.6) is 5.75 Å². The number of hydrogen-bond donors (Lipinski definition) is 1. The van der Waals surface area contributed by atoms with Crippen LogP contribution in [0.15, 0.2) is 58.8 Å². The molecule has 3 aromatic rings. The third-order valence-electron chi connectivity index (χ3n) is 4.19. The molecular weight excluding hydrogens is 449 g/mol. The lowest BCUT2D eigenvalue weighted by atomic mass is 10.1. The zero-order valence-corrected chi connectivity index (χ0v) is 17.7. The fraction of sp³-hybridized carbons (Fsp3) is 0.190. The van der Waals surface area contributed by atoms with Gasteiger partial charge in [-0.1, -0.05) is 40.6 Å². The van der Waals surface area contributed by atoms with Crippen LogP contribution < -0.4 is 4.74 Å². The minimum absolute atomic E-state index is 0.0918. The van der Waals surface area contributed by atoms with Gasteiger partial charge in [0.2, 0.25) is 5.71 Å². The molecule has 0 saturated carbocycles. The van der Waals surface area contributed by atoms with Gasteiger partial charge in [-0.3, -0.25) is 0 Å². The Balaban J connectivity index is 1.87. The number of thiophene rings is 1. The second-order valence-electron chi connectivity index (χ2n) is 6.36. The molecule has 168 valence electrons. The van der Waals surface area contributed by atoms with Gasteiger partial charge in [-0.05, 0) is 30.5 Å². The highest BCUT2D eigenvalue weighted by Gasteiger charge is 2.31. The third-order valence-corrected chi connectivity index (χ3v) is 5.41. The van der Waals surface area contributed by atoms with Crippen LogP contribution >= 0.6 is 11.3 Å². The summed E-state index contributed by atoms with van der Waals surface area (Å²) in [6.45, 7) is 1.47. The van der Waals surface area contributed by atoms with Crippen LogP contribution in [-0.4, -0.2) is 36.0 Å². The first-order valence-corrected chi connectivity index (χ1v) is 9.89. The molecule has 7 nitrogen and oxygen atoms in total. The highest BCUT2D eigenvalue weighted by atomic mass is 32.1. The summed E-state index contributed by atoms with van der Waals surface area (Å²) in [5.41, 5.74) is 0.955. The summed E-state index contributed by atoms with van der Waals surface area (Å²) >= 11 is 1.22. The van der Waals surface area contributed by atoms with E-state index in [-0.39, 0.29) is 18.1 Å². The van der Waals surface area contributed by atoms with Crippen molar-refractivity contribution < 1.29 is 37.5 Å². The Labute approximate surface area is 184 Å². The maximum atomic E-state index is 12.4. The van der Waals surface area contributed by atoms with Crippen LogP contribution in [0.25, 0.3) is 10.1 Å². The topological polar surface area (TPSA) is 89.7 Å². The molecule has 0 saturated heterocycles. The zero-order chi connectivity index (χ0) is 23.3. The van der Waals surface area contributed by atoms with E-state index in [1.54, 1.807) is 19.1 Å². The minimum atomic E-state index is -4.80. The molecule has 3 rings (SSSR count). The van der Waals surface area contributed by atoms with Gasteiger partial charge in [0.15, 0.2) is 0 Å². The number of rotatable bonds is 8. The standard InChI is InChI=1S/C21H17F3N2O5S/c1-12(13-6-5-7-14(10-13)31-21(22,23)24)25-30-11-16-15-8-3-4-9-17(15)32-19(16)18(20(27)28)26-29-2/h3-10H,11H2,1-2H3,(H,27,28). The van der Waals surface area contributed by atoms with Gasteiger partial charge in [-0.25, -0.2) is 4.79 Å². The zero-order valence-electron chi connectivity index (χ0n) is 16.8. The summed E-state index contributed by atoms with van der Waals surface area (Å²) in [6, 6.07) is 12.6. The lowest BCUT2D eigenvalue weighted by Crippen LogP contribution is -2.17. The van der Waals surface area contributed by atoms with Crippen LogP contribution in [0, 0.1) is 0 Å². The highest BCUT2D eigenvalue weighted by Crippen LogP contribution is 2.33. The van der Waals surface area contributed by atoms with E-state index in [1.807, 2.05) is 18.2 Å². The number of ether oxygens (including phenoxy) is 1.